The SMILES string of the molecule is CCCCCC/C=C/CCCCCCCCCC(=O)OC[C@@H](COP(=O)(O)OC[C@H](O)CO)OC(=O)CCCCCCCCCCC. The highest BCUT2D eigenvalue weighted by Gasteiger charge is 2.27. The molecule has 278 valence electrons. The van der Waals surface area contributed by atoms with Crippen molar-refractivity contribution in [3.63, 3.8) is 0 Å². The summed E-state index contributed by atoms with van der Waals surface area (Å²) in [6, 6.07) is 0. The molecule has 3 N–H and O–H groups in total. The minimum atomic E-state index is -4.60. The average Bonchev–Trinajstić information content (AvgIpc) is 3.05. The molecule has 0 radical (unpaired) electrons. The van der Waals surface area contributed by atoms with Crippen LogP contribution < -0.4 is 0 Å². The van der Waals surface area contributed by atoms with Gasteiger partial charge in [0.25, 0.3) is 0 Å². The standard InChI is InChI=1S/C36H69O10P/c1-3-5-7-9-11-13-14-15-16-17-18-20-21-23-25-27-35(39)43-31-34(32-45-47(41,42)44-30-33(38)29-37)46-36(40)28-26-24-22-19-12-10-8-6-4-2/h13-14,33-34,37-38H,3-12,15-32H2,1-2H3,(H,41,42)/b14-13+/t33-,34+/m1/s1. The van der Waals surface area contributed by atoms with Gasteiger partial charge in [0.2, 0.25) is 0 Å². The molecule has 10 nitrogen and oxygen atoms in total. The van der Waals surface area contributed by atoms with Crippen LogP contribution in [0.1, 0.15) is 168 Å². The van der Waals surface area contributed by atoms with Crippen LogP contribution in [0.25, 0.3) is 0 Å². The summed E-state index contributed by atoms with van der Waals surface area (Å²) in [7, 11) is -4.60. The molecule has 0 amide bonds. The van der Waals surface area contributed by atoms with Crippen LogP contribution in [0.15, 0.2) is 12.2 Å². The van der Waals surface area contributed by atoms with E-state index in [-0.39, 0.29) is 19.4 Å². The first-order valence-corrected chi connectivity index (χ1v) is 20.1. The number of aliphatic hydroxyl groups excluding tert-OH is 2. The van der Waals surface area contributed by atoms with Crippen molar-refractivity contribution in [3.8, 4) is 0 Å². The fourth-order valence-corrected chi connectivity index (χ4v) is 5.78. The number of hydrogen-bond acceptors (Lipinski definition) is 9. The Hall–Kier alpha value is -1.29. The van der Waals surface area contributed by atoms with Gasteiger partial charge in [0.15, 0.2) is 6.10 Å². The molecule has 0 saturated carbocycles. The van der Waals surface area contributed by atoms with E-state index in [1.165, 1.54) is 83.5 Å². The molecule has 0 aliphatic carbocycles. The molecule has 0 saturated heterocycles. The molecule has 0 fully saturated rings. The summed E-state index contributed by atoms with van der Waals surface area (Å²) in [5, 5.41) is 18.2. The van der Waals surface area contributed by atoms with Crippen molar-refractivity contribution < 1.29 is 47.8 Å². The van der Waals surface area contributed by atoms with Crippen LogP contribution in [-0.2, 0) is 32.7 Å². The smallest absolute Gasteiger partial charge is 0.462 e. The third kappa shape index (κ3) is 33.0. The molecule has 0 heterocycles. The molecule has 0 aromatic rings. The maximum absolute atomic E-state index is 12.5. The Balaban J connectivity index is 4.33. The molecule has 0 bridgehead atoms. The Labute approximate surface area is 286 Å². The van der Waals surface area contributed by atoms with Crippen molar-refractivity contribution in [2.75, 3.05) is 26.4 Å². The lowest BCUT2D eigenvalue weighted by Crippen LogP contribution is -2.29. The number of aliphatic hydroxyl groups is 2. The molecular formula is C36H69O10P. The number of hydrogen-bond donors (Lipinski definition) is 3. The number of carbonyl (C=O) groups is 2. The highest BCUT2D eigenvalue weighted by Crippen LogP contribution is 2.43. The first-order valence-electron chi connectivity index (χ1n) is 18.6. The van der Waals surface area contributed by atoms with Gasteiger partial charge in [0.05, 0.1) is 19.8 Å². The fraction of sp³-hybridized carbons (Fsp3) is 0.889. The quantitative estimate of drug-likeness (QED) is 0.0254. The molecule has 1 unspecified atom stereocenters. The predicted octanol–water partition coefficient (Wildman–Crippen LogP) is 8.89. The molecule has 11 heteroatoms. The highest BCUT2D eigenvalue weighted by atomic mass is 31.2. The number of allylic oxidation sites excluding steroid dienone is 2. The zero-order valence-corrected chi connectivity index (χ0v) is 30.6. The van der Waals surface area contributed by atoms with Gasteiger partial charge in [0.1, 0.15) is 12.7 Å². The van der Waals surface area contributed by atoms with E-state index in [0.29, 0.717) is 12.8 Å². The van der Waals surface area contributed by atoms with Gasteiger partial charge in [-0.15, -0.1) is 0 Å². The number of esters is 2. The third-order valence-electron chi connectivity index (χ3n) is 7.92. The van der Waals surface area contributed by atoms with Crippen LogP contribution in [0.4, 0.5) is 0 Å². The van der Waals surface area contributed by atoms with Crippen molar-refractivity contribution >= 4 is 19.8 Å². The van der Waals surface area contributed by atoms with E-state index in [9.17, 15) is 24.2 Å². The Morgan fingerprint density at radius 3 is 1.55 bits per heavy atom. The average molecular weight is 693 g/mol. The number of unbranched alkanes of at least 4 members (excludes halogenated alkanes) is 19. The Kier molecular flexibility index (Phi) is 32.3. The molecule has 0 rings (SSSR count). The second-order valence-corrected chi connectivity index (χ2v) is 14.1. The lowest BCUT2D eigenvalue weighted by molar-refractivity contribution is -0.161. The van der Waals surface area contributed by atoms with E-state index in [0.717, 1.165) is 44.9 Å². The van der Waals surface area contributed by atoms with Crippen molar-refractivity contribution in [3.05, 3.63) is 12.2 Å². The molecule has 0 aromatic heterocycles. The van der Waals surface area contributed by atoms with Gasteiger partial charge in [-0.25, -0.2) is 4.57 Å². The van der Waals surface area contributed by atoms with Gasteiger partial charge in [-0.05, 0) is 38.5 Å². The maximum atomic E-state index is 12.5. The summed E-state index contributed by atoms with van der Waals surface area (Å²) in [5.74, 6) is -0.929. The third-order valence-corrected chi connectivity index (χ3v) is 8.87. The lowest BCUT2D eigenvalue weighted by atomic mass is 10.1. The van der Waals surface area contributed by atoms with E-state index in [1.54, 1.807) is 0 Å². The van der Waals surface area contributed by atoms with Gasteiger partial charge >= 0.3 is 19.8 Å². The summed E-state index contributed by atoms with van der Waals surface area (Å²) in [6.07, 6.45) is 27.6. The van der Waals surface area contributed by atoms with Crippen LogP contribution in [-0.4, -0.2) is 65.7 Å². The fourth-order valence-electron chi connectivity index (χ4n) is 4.99. The van der Waals surface area contributed by atoms with Gasteiger partial charge < -0.3 is 24.6 Å². The number of phosphoric ester groups is 1. The van der Waals surface area contributed by atoms with Crippen LogP contribution in [0.2, 0.25) is 0 Å². The molecule has 0 aromatic carbocycles. The van der Waals surface area contributed by atoms with Gasteiger partial charge in [0, 0.05) is 12.8 Å². The number of ether oxygens (including phenoxy) is 2. The number of rotatable bonds is 35. The van der Waals surface area contributed by atoms with Crippen molar-refractivity contribution in [1.82, 2.24) is 0 Å². The van der Waals surface area contributed by atoms with Gasteiger partial charge in [-0.2, -0.15) is 0 Å². The summed E-state index contributed by atoms with van der Waals surface area (Å²) in [4.78, 5) is 34.7. The second kappa shape index (κ2) is 33.2. The zero-order valence-electron chi connectivity index (χ0n) is 29.8. The van der Waals surface area contributed by atoms with Crippen LogP contribution in [0.3, 0.4) is 0 Å². The molecule has 47 heavy (non-hydrogen) atoms. The Morgan fingerprint density at radius 1 is 0.617 bits per heavy atom. The van der Waals surface area contributed by atoms with E-state index < -0.39 is 51.8 Å². The van der Waals surface area contributed by atoms with E-state index >= 15 is 0 Å². The first kappa shape index (κ1) is 45.7. The molecule has 0 aliphatic rings. The molecule has 0 spiro atoms. The summed E-state index contributed by atoms with van der Waals surface area (Å²) >= 11 is 0. The van der Waals surface area contributed by atoms with E-state index in [1.807, 2.05) is 0 Å². The summed E-state index contributed by atoms with van der Waals surface area (Å²) < 4.78 is 32.5. The summed E-state index contributed by atoms with van der Waals surface area (Å²) in [5.41, 5.74) is 0. The van der Waals surface area contributed by atoms with E-state index in [4.69, 9.17) is 19.1 Å². The van der Waals surface area contributed by atoms with Crippen LogP contribution in [0.5, 0.6) is 0 Å². The van der Waals surface area contributed by atoms with Crippen LogP contribution >= 0.6 is 7.82 Å². The predicted molar refractivity (Wildman–Crippen MR) is 187 cm³/mol. The maximum Gasteiger partial charge on any atom is 0.472 e. The Bertz CT molecular complexity index is 807. The minimum Gasteiger partial charge on any atom is -0.462 e. The second-order valence-electron chi connectivity index (χ2n) is 12.6. The van der Waals surface area contributed by atoms with Crippen LogP contribution in [0, 0.1) is 0 Å². The normalized spacial score (nSPS) is 14.2. The van der Waals surface area contributed by atoms with Gasteiger partial charge in [-0.3, -0.25) is 18.6 Å². The molecular weight excluding hydrogens is 623 g/mol. The van der Waals surface area contributed by atoms with Gasteiger partial charge in [-0.1, -0.05) is 129 Å². The van der Waals surface area contributed by atoms with E-state index in [2.05, 4.69) is 30.5 Å². The minimum absolute atomic E-state index is 0.187. The number of phosphoric acid groups is 1. The monoisotopic (exact) mass is 692 g/mol. The first-order chi connectivity index (χ1) is 22.7. The molecule has 3 atom stereocenters. The topological polar surface area (TPSA) is 149 Å². The van der Waals surface area contributed by atoms with Crippen molar-refractivity contribution in [1.29, 1.82) is 0 Å². The lowest BCUT2D eigenvalue weighted by Gasteiger charge is -2.20. The zero-order chi connectivity index (χ0) is 34.9. The van der Waals surface area contributed by atoms with Crippen molar-refractivity contribution in [2.24, 2.45) is 0 Å². The largest absolute Gasteiger partial charge is 0.472 e. The molecule has 0 aliphatic heterocycles. The number of carbonyl (C=O) groups excluding carboxylic acids is 2. The van der Waals surface area contributed by atoms with Crippen molar-refractivity contribution in [2.45, 2.75) is 180 Å². The Morgan fingerprint density at radius 2 is 1.04 bits per heavy atom. The summed E-state index contributed by atoms with van der Waals surface area (Å²) in [6.45, 7) is 2.33. The highest BCUT2D eigenvalue weighted by molar-refractivity contribution is 7.47.